The molecule has 102 valence electrons. The number of carbonyl (C=O) groups is 1. The van der Waals surface area contributed by atoms with E-state index in [-0.39, 0.29) is 17.5 Å². The lowest BCUT2D eigenvalue weighted by molar-refractivity contribution is 0.112. The Kier molecular flexibility index (Phi) is 3.16. The molecule has 0 spiro atoms. The highest BCUT2D eigenvalue weighted by Crippen LogP contribution is 2.36. The molecule has 0 aliphatic carbocycles. The van der Waals surface area contributed by atoms with Crippen LogP contribution in [-0.2, 0) is 6.42 Å². The minimum atomic E-state index is -0.109. The van der Waals surface area contributed by atoms with Gasteiger partial charge >= 0.3 is 0 Å². The summed E-state index contributed by atoms with van der Waals surface area (Å²) >= 11 is 0. The average molecular weight is 269 g/mol. The summed E-state index contributed by atoms with van der Waals surface area (Å²) in [4.78, 5) is 10.7. The van der Waals surface area contributed by atoms with Gasteiger partial charge in [0.2, 0.25) is 0 Å². The molecule has 3 N–H and O–H groups in total. The third-order valence-corrected chi connectivity index (χ3v) is 3.70. The van der Waals surface area contributed by atoms with Crippen molar-refractivity contribution in [3.05, 3.63) is 58.7 Å². The Morgan fingerprint density at radius 2 is 1.80 bits per heavy atom. The number of rotatable bonds is 2. The maximum absolute atomic E-state index is 10.7. The predicted octanol–water partition coefficient (Wildman–Crippen LogP) is 2.15. The van der Waals surface area contributed by atoms with Crippen molar-refractivity contribution in [3.63, 3.8) is 0 Å². The molecule has 1 aliphatic heterocycles. The number of hydrogen-bond acceptors (Lipinski definition) is 4. The second kappa shape index (κ2) is 4.98. The molecule has 1 aliphatic rings. The minimum Gasteiger partial charge on any atom is -0.504 e. The predicted molar refractivity (Wildman–Crippen MR) is 75.2 cm³/mol. The Morgan fingerprint density at radius 3 is 2.50 bits per heavy atom. The largest absolute Gasteiger partial charge is 0.504 e. The maximum atomic E-state index is 10.7. The lowest BCUT2D eigenvalue weighted by Gasteiger charge is -2.27. The zero-order valence-corrected chi connectivity index (χ0v) is 10.8. The third-order valence-electron chi connectivity index (χ3n) is 3.70. The third kappa shape index (κ3) is 2.14. The molecular weight excluding hydrogens is 254 g/mol. The van der Waals surface area contributed by atoms with E-state index >= 15 is 0 Å². The second-order valence-corrected chi connectivity index (χ2v) is 4.96. The van der Waals surface area contributed by atoms with Gasteiger partial charge in [-0.25, -0.2) is 0 Å². The van der Waals surface area contributed by atoms with Crippen molar-refractivity contribution in [2.45, 2.75) is 12.5 Å². The van der Waals surface area contributed by atoms with Gasteiger partial charge in [-0.05, 0) is 35.2 Å². The summed E-state index contributed by atoms with van der Waals surface area (Å²) in [6, 6.07) is 10.6. The molecule has 20 heavy (non-hydrogen) atoms. The summed E-state index contributed by atoms with van der Waals surface area (Å²) in [6.45, 7) is 0.803. The number of carbonyl (C=O) groups excluding carboxylic acids is 1. The van der Waals surface area contributed by atoms with Crippen LogP contribution in [0.5, 0.6) is 11.5 Å². The van der Waals surface area contributed by atoms with Crippen LogP contribution in [0.3, 0.4) is 0 Å². The van der Waals surface area contributed by atoms with Crippen molar-refractivity contribution in [2.24, 2.45) is 0 Å². The summed E-state index contributed by atoms with van der Waals surface area (Å²) in [7, 11) is 0. The van der Waals surface area contributed by atoms with Crippen LogP contribution in [0.25, 0.3) is 0 Å². The highest BCUT2D eigenvalue weighted by atomic mass is 16.3. The molecule has 2 aromatic rings. The first kappa shape index (κ1) is 12.7. The summed E-state index contributed by atoms with van der Waals surface area (Å²) in [5.74, 6) is -0.192. The van der Waals surface area contributed by atoms with Gasteiger partial charge in [-0.1, -0.05) is 24.3 Å². The van der Waals surface area contributed by atoms with Gasteiger partial charge in [0.15, 0.2) is 11.5 Å². The van der Waals surface area contributed by atoms with Crippen molar-refractivity contribution in [3.8, 4) is 11.5 Å². The lowest BCUT2D eigenvalue weighted by Crippen LogP contribution is -2.30. The van der Waals surface area contributed by atoms with Gasteiger partial charge in [0.05, 0.1) is 6.04 Å². The van der Waals surface area contributed by atoms with Crippen LogP contribution in [0, 0.1) is 0 Å². The average Bonchev–Trinajstić information content (AvgIpc) is 2.48. The molecule has 0 bridgehead atoms. The van der Waals surface area contributed by atoms with E-state index in [9.17, 15) is 15.0 Å². The molecule has 4 nitrogen and oxygen atoms in total. The van der Waals surface area contributed by atoms with Crippen molar-refractivity contribution in [2.75, 3.05) is 6.54 Å². The Hall–Kier alpha value is -2.33. The molecular formula is C16H15NO3. The van der Waals surface area contributed by atoms with E-state index in [0.29, 0.717) is 5.56 Å². The quantitative estimate of drug-likeness (QED) is 0.577. The van der Waals surface area contributed by atoms with Gasteiger partial charge < -0.3 is 15.5 Å². The molecule has 1 atom stereocenters. The van der Waals surface area contributed by atoms with Gasteiger partial charge in [0.1, 0.15) is 6.29 Å². The molecule has 0 aromatic heterocycles. The van der Waals surface area contributed by atoms with Crippen LogP contribution in [0.4, 0.5) is 0 Å². The SMILES string of the molecule is O=Cc1ccc(C2NCCc3cc(O)c(O)cc32)cc1. The van der Waals surface area contributed by atoms with Crippen LogP contribution in [0.15, 0.2) is 36.4 Å². The van der Waals surface area contributed by atoms with Gasteiger partial charge in [0.25, 0.3) is 0 Å². The molecule has 2 aromatic carbocycles. The second-order valence-electron chi connectivity index (χ2n) is 4.96. The number of phenols is 2. The molecule has 0 fully saturated rings. The first-order valence-electron chi connectivity index (χ1n) is 6.52. The van der Waals surface area contributed by atoms with Crippen molar-refractivity contribution in [1.29, 1.82) is 0 Å². The molecule has 1 heterocycles. The van der Waals surface area contributed by atoms with Crippen molar-refractivity contribution < 1.29 is 15.0 Å². The smallest absolute Gasteiger partial charge is 0.157 e. The number of nitrogens with one attached hydrogen (secondary N) is 1. The summed E-state index contributed by atoms with van der Waals surface area (Å²) in [6.07, 6.45) is 1.63. The monoisotopic (exact) mass is 269 g/mol. The Labute approximate surface area is 116 Å². The van der Waals surface area contributed by atoms with Crippen LogP contribution >= 0.6 is 0 Å². The van der Waals surface area contributed by atoms with E-state index in [4.69, 9.17) is 0 Å². The van der Waals surface area contributed by atoms with E-state index in [1.165, 1.54) is 0 Å². The van der Waals surface area contributed by atoms with Crippen molar-refractivity contribution >= 4 is 6.29 Å². The first-order valence-corrected chi connectivity index (χ1v) is 6.52. The minimum absolute atomic E-state index is 0.0362. The molecule has 1 unspecified atom stereocenters. The number of aldehydes is 1. The Bertz CT molecular complexity index is 650. The number of hydrogen-bond donors (Lipinski definition) is 3. The number of aromatic hydroxyl groups is 2. The number of fused-ring (bicyclic) bond motifs is 1. The summed E-state index contributed by atoms with van der Waals surface area (Å²) < 4.78 is 0. The normalized spacial score (nSPS) is 17.5. The molecule has 0 saturated carbocycles. The fourth-order valence-electron chi connectivity index (χ4n) is 2.65. The van der Waals surface area contributed by atoms with Crippen LogP contribution < -0.4 is 5.32 Å². The summed E-state index contributed by atoms with van der Waals surface area (Å²) in [5, 5.41) is 22.7. The van der Waals surface area contributed by atoms with E-state index in [2.05, 4.69) is 5.32 Å². The van der Waals surface area contributed by atoms with Gasteiger partial charge in [-0.2, -0.15) is 0 Å². The maximum Gasteiger partial charge on any atom is 0.157 e. The topological polar surface area (TPSA) is 69.6 Å². The zero-order valence-electron chi connectivity index (χ0n) is 10.8. The first-order chi connectivity index (χ1) is 9.69. The fourth-order valence-corrected chi connectivity index (χ4v) is 2.65. The van der Waals surface area contributed by atoms with E-state index in [1.807, 2.05) is 12.1 Å². The van der Waals surface area contributed by atoms with Crippen molar-refractivity contribution in [1.82, 2.24) is 5.32 Å². The molecule has 0 amide bonds. The standard InChI is InChI=1S/C16H15NO3/c18-9-10-1-3-11(4-2-10)16-13-8-15(20)14(19)7-12(13)5-6-17-16/h1-4,7-9,16-17,19-20H,5-6H2. The zero-order chi connectivity index (χ0) is 14.1. The molecule has 4 heteroatoms. The summed E-state index contributed by atoms with van der Waals surface area (Å²) in [5.41, 5.74) is 3.66. The Balaban J connectivity index is 2.04. The molecule has 0 saturated heterocycles. The van der Waals surface area contributed by atoms with Gasteiger partial charge in [0, 0.05) is 12.1 Å². The lowest BCUT2D eigenvalue weighted by atomic mass is 9.89. The number of phenolic OH excluding ortho intramolecular Hbond substituents is 2. The number of benzene rings is 2. The molecule has 3 rings (SSSR count). The van der Waals surface area contributed by atoms with E-state index < -0.39 is 0 Å². The highest BCUT2D eigenvalue weighted by molar-refractivity contribution is 5.74. The van der Waals surface area contributed by atoms with Crippen LogP contribution in [0.1, 0.15) is 33.1 Å². The van der Waals surface area contributed by atoms with E-state index in [1.54, 1.807) is 24.3 Å². The highest BCUT2D eigenvalue weighted by Gasteiger charge is 2.23. The van der Waals surface area contributed by atoms with Crippen LogP contribution in [0.2, 0.25) is 0 Å². The van der Waals surface area contributed by atoms with Gasteiger partial charge in [-0.3, -0.25) is 4.79 Å². The van der Waals surface area contributed by atoms with E-state index in [0.717, 1.165) is 35.9 Å². The Morgan fingerprint density at radius 1 is 1.10 bits per heavy atom. The fraction of sp³-hybridized carbons (Fsp3) is 0.188. The van der Waals surface area contributed by atoms with Gasteiger partial charge in [-0.15, -0.1) is 0 Å². The molecule has 0 radical (unpaired) electrons. The van der Waals surface area contributed by atoms with Crippen LogP contribution in [-0.4, -0.2) is 23.0 Å².